The Balaban J connectivity index is 1.98. The molecule has 0 bridgehead atoms. The number of carboxylic acid groups (broad SMARTS) is 1. The lowest BCUT2D eigenvalue weighted by molar-refractivity contribution is -0.144. The van der Waals surface area contributed by atoms with Gasteiger partial charge in [0.25, 0.3) is 0 Å². The van der Waals surface area contributed by atoms with E-state index in [4.69, 9.17) is 23.2 Å². The van der Waals surface area contributed by atoms with Crippen LogP contribution in [0.15, 0.2) is 48.5 Å². The SMILES string of the molecule is C[C@@H](C(=O)O)[C@]1(C)CN(C(c2ccc(Cl)cc2)c2ccc(Cl)cc2)CCN1. The minimum atomic E-state index is -0.790. The summed E-state index contributed by atoms with van der Waals surface area (Å²) in [5.74, 6) is -1.29. The van der Waals surface area contributed by atoms with Gasteiger partial charge in [-0.3, -0.25) is 9.69 Å². The number of carbonyl (C=O) groups is 1. The van der Waals surface area contributed by atoms with Crippen LogP contribution < -0.4 is 5.32 Å². The van der Waals surface area contributed by atoms with E-state index >= 15 is 0 Å². The first-order chi connectivity index (χ1) is 12.8. The quantitative estimate of drug-likeness (QED) is 0.768. The molecule has 2 aromatic rings. The van der Waals surface area contributed by atoms with Crippen LogP contribution in [-0.2, 0) is 4.79 Å². The number of hydrogen-bond acceptors (Lipinski definition) is 3. The van der Waals surface area contributed by atoms with Crippen LogP contribution in [0.4, 0.5) is 0 Å². The van der Waals surface area contributed by atoms with Crippen LogP contribution in [-0.4, -0.2) is 41.1 Å². The second-order valence-electron chi connectivity index (χ2n) is 7.38. The number of benzene rings is 2. The normalized spacial score (nSPS) is 22.0. The molecule has 1 aliphatic rings. The molecule has 0 saturated carbocycles. The molecular formula is C21H24Cl2N2O2. The van der Waals surface area contributed by atoms with Gasteiger partial charge in [0.05, 0.1) is 12.0 Å². The molecule has 0 aliphatic carbocycles. The van der Waals surface area contributed by atoms with E-state index < -0.39 is 17.4 Å². The smallest absolute Gasteiger partial charge is 0.308 e. The summed E-state index contributed by atoms with van der Waals surface area (Å²) in [7, 11) is 0. The second-order valence-corrected chi connectivity index (χ2v) is 8.25. The average molecular weight is 407 g/mol. The predicted molar refractivity (Wildman–Crippen MR) is 110 cm³/mol. The Morgan fingerprint density at radius 2 is 1.56 bits per heavy atom. The number of nitrogens with zero attached hydrogens (tertiary/aromatic N) is 1. The highest BCUT2D eigenvalue weighted by Crippen LogP contribution is 2.34. The molecule has 0 amide bonds. The minimum absolute atomic E-state index is 0.00181. The van der Waals surface area contributed by atoms with Gasteiger partial charge in [-0.2, -0.15) is 0 Å². The van der Waals surface area contributed by atoms with Crippen LogP contribution in [0.3, 0.4) is 0 Å². The topological polar surface area (TPSA) is 52.6 Å². The van der Waals surface area contributed by atoms with Crippen molar-refractivity contribution in [2.24, 2.45) is 5.92 Å². The van der Waals surface area contributed by atoms with Gasteiger partial charge in [0.2, 0.25) is 0 Å². The van der Waals surface area contributed by atoms with Gasteiger partial charge in [-0.05, 0) is 42.3 Å². The van der Waals surface area contributed by atoms with Crippen molar-refractivity contribution in [2.45, 2.75) is 25.4 Å². The molecule has 1 heterocycles. The van der Waals surface area contributed by atoms with E-state index in [1.165, 1.54) is 0 Å². The predicted octanol–water partition coefficient (Wildman–Crippen LogP) is 4.47. The Morgan fingerprint density at radius 1 is 1.07 bits per heavy atom. The summed E-state index contributed by atoms with van der Waals surface area (Å²) in [5, 5.41) is 14.3. The van der Waals surface area contributed by atoms with E-state index in [9.17, 15) is 9.90 Å². The van der Waals surface area contributed by atoms with Crippen molar-refractivity contribution in [3.8, 4) is 0 Å². The lowest BCUT2D eigenvalue weighted by atomic mass is 9.83. The van der Waals surface area contributed by atoms with Crippen molar-refractivity contribution < 1.29 is 9.90 Å². The molecule has 1 fully saturated rings. The summed E-state index contributed by atoms with van der Waals surface area (Å²) >= 11 is 12.2. The van der Waals surface area contributed by atoms with Crippen molar-refractivity contribution >= 4 is 29.2 Å². The van der Waals surface area contributed by atoms with Gasteiger partial charge in [-0.25, -0.2) is 0 Å². The van der Waals surface area contributed by atoms with E-state index in [2.05, 4.69) is 10.2 Å². The number of aliphatic carboxylic acids is 1. The molecule has 3 rings (SSSR count). The molecule has 0 radical (unpaired) electrons. The molecule has 144 valence electrons. The van der Waals surface area contributed by atoms with Gasteiger partial charge in [0.1, 0.15) is 0 Å². The van der Waals surface area contributed by atoms with Gasteiger partial charge < -0.3 is 10.4 Å². The summed E-state index contributed by atoms with van der Waals surface area (Å²) in [4.78, 5) is 13.9. The van der Waals surface area contributed by atoms with Crippen LogP contribution in [0.1, 0.15) is 31.0 Å². The van der Waals surface area contributed by atoms with E-state index in [0.29, 0.717) is 16.6 Å². The van der Waals surface area contributed by atoms with E-state index in [-0.39, 0.29) is 6.04 Å². The van der Waals surface area contributed by atoms with Gasteiger partial charge in [-0.15, -0.1) is 0 Å². The van der Waals surface area contributed by atoms with Crippen molar-refractivity contribution in [3.63, 3.8) is 0 Å². The van der Waals surface area contributed by atoms with Crippen LogP contribution >= 0.6 is 23.2 Å². The fourth-order valence-corrected chi connectivity index (χ4v) is 3.98. The Hall–Kier alpha value is -1.59. The third kappa shape index (κ3) is 4.46. The Morgan fingerprint density at radius 3 is 2.00 bits per heavy atom. The van der Waals surface area contributed by atoms with Crippen LogP contribution in [0.25, 0.3) is 0 Å². The van der Waals surface area contributed by atoms with Crippen LogP contribution in [0, 0.1) is 5.92 Å². The third-order valence-corrected chi connectivity index (χ3v) is 6.03. The summed E-state index contributed by atoms with van der Waals surface area (Å²) in [6.45, 7) is 5.91. The molecule has 4 nitrogen and oxygen atoms in total. The first-order valence-electron chi connectivity index (χ1n) is 9.03. The molecule has 27 heavy (non-hydrogen) atoms. The number of hydrogen-bond donors (Lipinski definition) is 2. The summed E-state index contributed by atoms with van der Waals surface area (Å²) in [6.07, 6.45) is 0. The van der Waals surface area contributed by atoms with E-state index in [1.54, 1.807) is 6.92 Å². The molecule has 2 aromatic carbocycles. The molecule has 1 aliphatic heterocycles. The maximum absolute atomic E-state index is 11.6. The lowest BCUT2D eigenvalue weighted by Crippen LogP contribution is -2.63. The highest BCUT2D eigenvalue weighted by atomic mass is 35.5. The van der Waals surface area contributed by atoms with Crippen molar-refractivity contribution in [2.75, 3.05) is 19.6 Å². The molecule has 2 atom stereocenters. The minimum Gasteiger partial charge on any atom is -0.481 e. The van der Waals surface area contributed by atoms with E-state index in [0.717, 1.165) is 24.2 Å². The largest absolute Gasteiger partial charge is 0.481 e. The number of halogens is 2. The molecular weight excluding hydrogens is 383 g/mol. The number of rotatable bonds is 5. The van der Waals surface area contributed by atoms with Gasteiger partial charge in [0, 0.05) is 35.2 Å². The highest BCUT2D eigenvalue weighted by Gasteiger charge is 2.41. The van der Waals surface area contributed by atoms with Crippen molar-refractivity contribution in [3.05, 3.63) is 69.7 Å². The molecule has 1 saturated heterocycles. The zero-order valence-electron chi connectivity index (χ0n) is 15.5. The highest BCUT2D eigenvalue weighted by molar-refractivity contribution is 6.30. The van der Waals surface area contributed by atoms with Gasteiger partial charge in [-0.1, -0.05) is 54.4 Å². The zero-order valence-corrected chi connectivity index (χ0v) is 17.0. The van der Waals surface area contributed by atoms with Crippen LogP contribution in [0.2, 0.25) is 10.0 Å². The Bertz CT molecular complexity index is 749. The van der Waals surface area contributed by atoms with Gasteiger partial charge in [0.15, 0.2) is 0 Å². The average Bonchev–Trinajstić information content (AvgIpc) is 2.64. The third-order valence-electron chi connectivity index (χ3n) is 5.52. The van der Waals surface area contributed by atoms with Gasteiger partial charge >= 0.3 is 5.97 Å². The van der Waals surface area contributed by atoms with Crippen molar-refractivity contribution in [1.82, 2.24) is 10.2 Å². The number of nitrogens with one attached hydrogen (secondary N) is 1. The Labute approximate surface area is 170 Å². The Kier molecular flexibility index (Phi) is 6.11. The second kappa shape index (κ2) is 8.19. The van der Waals surface area contributed by atoms with Crippen molar-refractivity contribution in [1.29, 1.82) is 0 Å². The zero-order chi connectivity index (χ0) is 19.6. The maximum atomic E-state index is 11.6. The lowest BCUT2D eigenvalue weighted by Gasteiger charge is -2.46. The number of piperazine rings is 1. The molecule has 0 spiro atoms. The first kappa shape index (κ1) is 20.2. The molecule has 0 unspecified atom stereocenters. The molecule has 2 N–H and O–H groups in total. The fraction of sp³-hybridized carbons (Fsp3) is 0.381. The number of carboxylic acids is 1. The summed E-state index contributed by atoms with van der Waals surface area (Å²) in [5.41, 5.74) is 1.73. The first-order valence-corrected chi connectivity index (χ1v) is 9.78. The van der Waals surface area contributed by atoms with Crippen LogP contribution in [0.5, 0.6) is 0 Å². The standard InChI is InChI=1S/C21H24Cl2N2O2/c1-14(20(26)27)21(2)13-25(12-11-24-21)19(15-3-7-17(22)8-4-15)16-5-9-18(23)10-6-16/h3-10,14,19,24H,11-13H2,1-2H3,(H,26,27)/t14-,21-/m0/s1. The maximum Gasteiger partial charge on any atom is 0.308 e. The fourth-order valence-electron chi connectivity index (χ4n) is 3.73. The molecule has 6 heteroatoms. The summed E-state index contributed by atoms with van der Waals surface area (Å²) in [6, 6.07) is 15.7. The van der Waals surface area contributed by atoms with E-state index in [1.807, 2.05) is 55.5 Å². The summed E-state index contributed by atoms with van der Waals surface area (Å²) < 4.78 is 0. The monoisotopic (exact) mass is 406 g/mol. The molecule has 0 aromatic heterocycles.